The average molecular weight is 337 g/mol. The van der Waals surface area contributed by atoms with Gasteiger partial charge in [-0.3, -0.25) is 0 Å². The van der Waals surface area contributed by atoms with Crippen molar-refractivity contribution in [3.63, 3.8) is 0 Å². The van der Waals surface area contributed by atoms with E-state index in [0.29, 0.717) is 23.3 Å². The van der Waals surface area contributed by atoms with Crippen molar-refractivity contribution in [2.24, 2.45) is 0 Å². The molecule has 0 aliphatic carbocycles. The highest BCUT2D eigenvalue weighted by molar-refractivity contribution is 6.30. The van der Waals surface area contributed by atoms with Gasteiger partial charge in [-0.2, -0.15) is 4.98 Å². The van der Waals surface area contributed by atoms with Gasteiger partial charge in [0.25, 0.3) is 0 Å². The fourth-order valence-corrected chi connectivity index (χ4v) is 2.41. The van der Waals surface area contributed by atoms with Crippen LogP contribution in [0.1, 0.15) is 0 Å². The number of rotatable bonds is 6. The molecule has 24 heavy (non-hydrogen) atoms. The number of aromatic nitrogens is 2. The molecule has 1 heterocycles. The zero-order valence-electron chi connectivity index (χ0n) is 13.0. The molecular weight excluding hydrogens is 320 g/mol. The standard InChI is InChI=1S/C19H17ClN4/c1-2-11-21-19-23-17(14-7-4-3-5-8-14)13-18(24-19)22-16-10-6-9-15(20)12-16/h2-10,12-13H,1,11H2,(H2,21,22,23,24). The Morgan fingerprint density at radius 3 is 2.58 bits per heavy atom. The van der Waals surface area contributed by atoms with Crippen LogP contribution in [0.2, 0.25) is 5.02 Å². The summed E-state index contributed by atoms with van der Waals surface area (Å²) in [5.41, 5.74) is 2.73. The van der Waals surface area contributed by atoms with Crippen LogP contribution >= 0.6 is 11.6 Å². The van der Waals surface area contributed by atoms with Gasteiger partial charge in [-0.1, -0.05) is 54.1 Å². The van der Waals surface area contributed by atoms with E-state index in [9.17, 15) is 0 Å². The molecule has 0 saturated heterocycles. The Hall–Kier alpha value is -2.85. The van der Waals surface area contributed by atoms with E-state index in [0.717, 1.165) is 16.9 Å². The minimum Gasteiger partial charge on any atom is -0.351 e. The Morgan fingerprint density at radius 1 is 1.00 bits per heavy atom. The molecule has 120 valence electrons. The minimum absolute atomic E-state index is 0.542. The Bertz CT molecular complexity index is 834. The van der Waals surface area contributed by atoms with Crippen molar-refractivity contribution in [1.29, 1.82) is 0 Å². The molecule has 0 aliphatic rings. The van der Waals surface area contributed by atoms with Crippen molar-refractivity contribution in [3.8, 4) is 11.3 Å². The van der Waals surface area contributed by atoms with Crippen LogP contribution in [0.4, 0.5) is 17.5 Å². The van der Waals surface area contributed by atoms with Gasteiger partial charge in [0.2, 0.25) is 5.95 Å². The van der Waals surface area contributed by atoms with E-state index >= 15 is 0 Å². The maximum atomic E-state index is 6.04. The van der Waals surface area contributed by atoms with E-state index in [1.165, 1.54) is 0 Å². The van der Waals surface area contributed by atoms with Crippen LogP contribution in [0, 0.1) is 0 Å². The molecule has 0 bridgehead atoms. The van der Waals surface area contributed by atoms with Crippen LogP contribution in [-0.2, 0) is 0 Å². The number of nitrogens with one attached hydrogen (secondary N) is 2. The van der Waals surface area contributed by atoms with Gasteiger partial charge in [0, 0.05) is 28.9 Å². The highest BCUT2D eigenvalue weighted by Gasteiger charge is 2.07. The van der Waals surface area contributed by atoms with Crippen LogP contribution in [0.3, 0.4) is 0 Å². The summed E-state index contributed by atoms with van der Waals surface area (Å²) in [5.74, 6) is 1.23. The normalized spacial score (nSPS) is 10.2. The topological polar surface area (TPSA) is 49.8 Å². The van der Waals surface area contributed by atoms with E-state index in [1.807, 2.05) is 60.7 Å². The first-order valence-corrected chi connectivity index (χ1v) is 7.94. The zero-order chi connectivity index (χ0) is 16.8. The molecule has 0 atom stereocenters. The van der Waals surface area contributed by atoms with Crippen molar-refractivity contribution in [3.05, 3.63) is 78.3 Å². The summed E-state index contributed by atoms with van der Waals surface area (Å²) in [6, 6.07) is 19.4. The summed E-state index contributed by atoms with van der Waals surface area (Å²) in [6.45, 7) is 4.30. The lowest BCUT2D eigenvalue weighted by Gasteiger charge is -2.11. The van der Waals surface area contributed by atoms with E-state index in [1.54, 1.807) is 6.08 Å². The number of halogens is 1. The van der Waals surface area contributed by atoms with Gasteiger partial charge in [-0.25, -0.2) is 4.98 Å². The summed E-state index contributed by atoms with van der Waals surface area (Å²) in [4.78, 5) is 9.06. The predicted octanol–water partition coefficient (Wildman–Crippen LogP) is 5.14. The third-order valence-corrected chi connectivity index (χ3v) is 3.53. The SMILES string of the molecule is C=CCNc1nc(Nc2cccc(Cl)c2)cc(-c2ccccc2)n1. The number of anilines is 3. The van der Waals surface area contributed by atoms with Crippen molar-refractivity contribution in [2.45, 2.75) is 0 Å². The minimum atomic E-state index is 0.542. The molecule has 1 aromatic heterocycles. The number of nitrogens with zero attached hydrogens (tertiary/aromatic N) is 2. The zero-order valence-corrected chi connectivity index (χ0v) is 13.8. The predicted molar refractivity (Wildman–Crippen MR) is 101 cm³/mol. The quantitative estimate of drug-likeness (QED) is 0.612. The summed E-state index contributed by atoms with van der Waals surface area (Å²) in [5, 5.41) is 7.07. The van der Waals surface area contributed by atoms with E-state index < -0.39 is 0 Å². The molecule has 0 amide bonds. The molecule has 0 aliphatic heterocycles. The second kappa shape index (κ2) is 7.62. The third kappa shape index (κ3) is 4.12. The molecule has 3 rings (SSSR count). The molecule has 0 saturated carbocycles. The first-order chi connectivity index (χ1) is 11.7. The smallest absolute Gasteiger partial charge is 0.225 e. The summed E-state index contributed by atoms with van der Waals surface area (Å²) < 4.78 is 0. The molecule has 2 aromatic carbocycles. The second-order valence-electron chi connectivity index (χ2n) is 5.13. The van der Waals surface area contributed by atoms with Crippen LogP contribution in [0.15, 0.2) is 73.3 Å². The molecule has 2 N–H and O–H groups in total. The fourth-order valence-electron chi connectivity index (χ4n) is 2.22. The molecule has 0 fully saturated rings. The fraction of sp³-hybridized carbons (Fsp3) is 0.0526. The Morgan fingerprint density at radius 2 is 1.83 bits per heavy atom. The number of hydrogen-bond acceptors (Lipinski definition) is 4. The highest BCUT2D eigenvalue weighted by atomic mass is 35.5. The first kappa shape index (κ1) is 16.0. The van der Waals surface area contributed by atoms with Crippen molar-refractivity contribution in [2.75, 3.05) is 17.2 Å². The summed E-state index contributed by atoms with van der Waals surface area (Å²) in [7, 11) is 0. The van der Waals surface area contributed by atoms with Gasteiger partial charge in [-0.15, -0.1) is 6.58 Å². The molecule has 0 radical (unpaired) electrons. The van der Waals surface area contributed by atoms with Crippen LogP contribution in [0.5, 0.6) is 0 Å². The van der Waals surface area contributed by atoms with Crippen molar-refractivity contribution >= 4 is 29.1 Å². The monoisotopic (exact) mass is 336 g/mol. The van der Waals surface area contributed by atoms with Crippen molar-refractivity contribution < 1.29 is 0 Å². The lowest BCUT2D eigenvalue weighted by molar-refractivity contribution is 1.12. The molecule has 5 heteroatoms. The average Bonchev–Trinajstić information content (AvgIpc) is 2.60. The van der Waals surface area contributed by atoms with Crippen LogP contribution in [0.25, 0.3) is 11.3 Å². The third-order valence-electron chi connectivity index (χ3n) is 3.30. The molecule has 0 spiro atoms. The molecular formula is C19H17ClN4. The van der Waals surface area contributed by atoms with Gasteiger partial charge in [0.15, 0.2) is 0 Å². The summed E-state index contributed by atoms with van der Waals surface area (Å²) in [6.07, 6.45) is 1.77. The maximum Gasteiger partial charge on any atom is 0.225 e. The molecule has 4 nitrogen and oxygen atoms in total. The molecule has 3 aromatic rings. The largest absolute Gasteiger partial charge is 0.351 e. The van der Waals surface area contributed by atoms with Crippen LogP contribution < -0.4 is 10.6 Å². The highest BCUT2D eigenvalue weighted by Crippen LogP contribution is 2.24. The van der Waals surface area contributed by atoms with E-state index in [4.69, 9.17) is 11.6 Å². The van der Waals surface area contributed by atoms with E-state index in [2.05, 4.69) is 27.2 Å². The summed E-state index contributed by atoms with van der Waals surface area (Å²) >= 11 is 6.04. The Kier molecular flexibility index (Phi) is 5.08. The Labute approximate surface area is 146 Å². The first-order valence-electron chi connectivity index (χ1n) is 7.56. The number of benzene rings is 2. The second-order valence-corrected chi connectivity index (χ2v) is 5.57. The van der Waals surface area contributed by atoms with Crippen LogP contribution in [-0.4, -0.2) is 16.5 Å². The lowest BCUT2D eigenvalue weighted by atomic mass is 10.1. The lowest BCUT2D eigenvalue weighted by Crippen LogP contribution is -2.06. The van der Waals surface area contributed by atoms with Gasteiger partial charge >= 0.3 is 0 Å². The Balaban J connectivity index is 1.96. The van der Waals surface area contributed by atoms with Gasteiger partial charge < -0.3 is 10.6 Å². The van der Waals surface area contributed by atoms with Gasteiger partial charge in [-0.05, 0) is 18.2 Å². The maximum absolute atomic E-state index is 6.04. The number of hydrogen-bond donors (Lipinski definition) is 2. The van der Waals surface area contributed by atoms with Crippen molar-refractivity contribution in [1.82, 2.24) is 9.97 Å². The van der Waals surface area contributed by atoms with E-state index in [-0.39, 0.29) is 0 Å². The van der Waals surface area contributed by atoms with Gasteiger partial charge in [0.05, 0.1) is 5.69 Å². The van der Waals surface area contributed by atoms with Gasteiger partial charge in [0.1, 0.15) is 5.82 Å². The molecule has 0 unspecified atom stereocenters.